The number of benzene rings is 1. The summed E-state index contributed by atoms with van der Waals surface area (Å²) in [6.07, 6.45) is 0. The van der Waals surface area contributed by atoms with E-state index in [0.717, 1.165) is 15.1 Å². The summed E-state index contributed by atoms with van der Waals surface area (Å²) in [6.45, 7) is 1.85. The summed E-state index contributed by atoms with van der Waals surface area (Å²) in [5.74, 6) is 0.144. The van der Waals surface area contributed by atoms with Gasteiger partial charge < -0.3 is 4.74 Å². The molecule has 0 aliphatic carbocycles. The van der Waals surface area contributed by atoms with Crippen LogP contribution in [-0.2, 0) is 4.84 Å². The molecule has 0 unspecified atom stereocenters. The van der Waals surface area contributed by atoms with Gasteiger partial charge in [0.2, 0.25) is 0 Å². The molecule has 0 saturated carbocycles. The average molecular weight is 323 g/mol. The summed E-state index contributed by atoms with van der Waals surface area (Å²) >= 11 is 9.49. The van der Waals surface area contributed by atoms with E-state index in [0.29, 0.717) is 11.3 Å². The summed E-state index contributed by atoms with van der Waals surface area (Å²) in [7, 11) is 4.43. The Kier molecular flexibility index (Phi) is 4.80. The Morgan fingerprint density at radius 2 is 2.06 bits per heavy atom. The lowest BCUT2D eigenvalue weighted by Crippen LogP contribution is -2.25. The van der Waals surface area contributed by atoms with Crippen molar-refractivity contribution in [3.8, 4) is 5.75 Å². The van der Waals surface area contributed by atoms with Crippen molar-refractivity contribution >= 4 is 33.4 Å². The van der Waals surface area contributed by atoms with Crippen molar-refractivity contribution in [1.82, 2.24) is 5.06 Å². The van der Waals surface area contributed by atoms with Crippen LogP contribution in [0.4, 0.5) is 0 Å². The first-order valence-corrected chi connectivity index (χ1v) is 5.95. The minimum atomic E-state index is -0.337. The quantitative estimate of drug-likeness (QED) is 0.803. The van der Waals surface area contributed by atoms with E-state index < -0.39 is 0 Å². The highest BCUT2D eigenvalue weighted by molar-refractivity contribution is 9.10. The van der Waals surface area contributed by atoms with Crippen LogP contribution in [0.5, 0.6) is 5.75 Å². The molecule has 0 aliphatic heterocycles. The van der Waals surface area contributed by atoms with Crippen LogP contribution in [0.1, 0.15) is 15.9 Å². The number of methoxy groups -OCH3 is 1. The number of rotatable bonds is 3. The second kappa shape index (κ2) is 5.71. The zero-order valence-corrected chi connectivity index (χ0v) is 12.3. The maximum atomic E-state index is 12.0. The van der Waals surface area contributed by atoms with E-state index in [4.69, 9.17) is 21.2 Å². The average Bonchev–Trinajstić information content (AvgIpc) is 2.32. The van der Waals surface area contributed by atoms with E-state index in [1.54, 1.807) is 6.07 Å². The van der Waals surface area contributed by atoms with E-state index in [1.807, 2.05) is 6.92 Å². The number of carbonyl (C=O) groups excluding carboxylic acids is 1. The zero-order chi connectivity index (χ0) is 13.2. The van der Waals surface area contributed by atoms with Crippen LogP contribution in [0, 0.1) is 6.92 Å². The van der Waals surface area contributed by atoms with Crippen LogP contribution in [0.25, 0.3) is 0 Å². The number of nitrogens with zero attached hydrogens (tertiary/aromatic N) is 1. The second-order valence-corrected chi connectivity index (χ2v) is 4.60. The predicted octanol–water partition coefficient (Wildman–Crippen LogP) is 3.05. The van der Waals surface area contributed by atoms with Gasteiger partial charge in [0.05, 0.1) is 24.8 Å². The van der Waals surface area contributed by atoms with Crippen LogP contribution >= 0.6 is 27.5 Å². The van der Waals surface area contributed by atoms with E-state index >= 15 is 0 Å². The largest absolute Gasteiger partial charge is 0.495 e. The van der Waals surface area contributed by atoms with Gasteiger partial charge in [0, 0.05) is 17.1 Å². The topological polar surface area (TPSA) is 38.8 Å². The highest BCUT2D eigenvalue weighted by atomic mass is 79.9. The van der Waals surface area contributed by atoms with Gasteiger partial charge in [0.1, 0.15) is 5.75 Å². The summed E-state index contributed by atoms with van der Waals surface area (Å²) in [4.78, 5) is 16.8. The Morgan fingerprint density at radius 3 is 2.53 bits per heavy atom. The lowest BCUT2D eigenvalue weighted by Gasteiger charge is -2.17. The van der Waals surface area contributed by atoms with Crippen molar-refractivity contribution in [2.75, 3.05) is 21.3 Å². The summed E-state index contributed by atoms with van der Waals surface area (Å²) < 4.78 is 5.94. The van der Waals surface area contributed by atoms with Gasteiger partial charge in [-0.15, -0.1) is 0 Å². The van der Waals surface area contributed by atoms with Crippen LogP contribution in [-0.4, -0.2) is 32.2 Å². The van der Waals surface area contributed by atoms with E-state index in [2.05, 4.69) is 15.9 Å². The van der Waals surface area contributed by atoms with Gasteiger partial charge in [-0.25, -0.2) is 5.06 Å². The Morgan fingerprint density at radius 1 is 1.47 bits per heavy atom. The molecular formula is C11H13BrClNO3. The number of ether oxygens (including phenoxy) is 1. The van der Waals surface area contributed by atoms with Crippen molar-refractivity contribution < 1.29 is 14.4 Å². The van der Waals surface area contributed by atoms with Gasteiger partial charge in [-0.2, -0.15) is 0 Å². The van der Waals surface area contributed by atoms with Crippen LogP contribution in [0.2, 0.25) is 5.02 Å². The molecule has 1 rings (SSSR count). The third kappa shape index (κ3) is 2.73. The smallest absolute Gasteiger partial charge is 0.278 e. The molecule has 0 radical (unpaired) electrons. The molecule has 0 spiro atoms. The zero-order valence-electron chi connectivity index (χ0n) is 10.0. The normalized spacial score (nSPS) is 10.2. The molecule has 1 aromatic carbocycles. The first kappa shape index (κ1) is 14.3. The fourth-order valence-corrected chi connectivity index (χ4v) is 2.11. The first-order valence-electron chi connectivity index (χ1n) is 4.78. The van der Waals surface area contributed by atoms with Gasteiger partial charge in [-0.05, 0) is 13.0 Å². The standard InChI is InChI=1S/C11H13BrClNO3/c1-6-8(12)5-7(9(13)10(6)16-3)11(15)14(2)17-4/h5H,1-4H3. The molecule has 4 nitrogen and oxygen atoms in total. The molecule has 0 N–H and O–H groups in total. The molecule has 0 atom stereocenters. The lowest BCUT2D eigenvalue weighted by atomic mass is 10.1. The second-order valence-electron chi connectivity index (χ2n) is 3.36. The van der Waals surface area contributed by atoms with E-state index in [9.17, 15) is 4.79 Å². The molecule has 1 amide bonds. The summed E-state index contributed by atoms with van der Waals surface area (Å²) in [6, 6.07) is 1.65. The SMILES string of the molecule is COc1c(C)c(Br)cc(C(=O)N(C)OC)c1Cl. The minimum Gasteiger partial charge on any atom is -0.495 e. The van der Waals surface area contributed by atoms with Gasteiger partial charge in [0.25, 0.3) is 5.91 Å². The number of hydroxylamine groups is 2. The van der Waals surface area contributed by atoms with Crippen LogP contribution < -0.4 is 4.74 Å². The predicted molar refractivity (Wildman–Crippen MR) is 69.5 cm³/mol. The molecule has 0 aromatic heterocycles. The number of carbonyl (C=O) groups is 1. The highest BCUT2D eigenvalue weighted by Crippen LogP contribution is 2.37. The number of hydrogen-bond acceptors (Lipinski definition) is 3. The van der Waals surface area contributed by atoms with Crippen molar-refractivity contribution in [3.05, 3.63) is 26.7 Å². The van der Waals surface area contributed by atoms with Gasteiger partial charge in [-0.1, -0.05) is 27.5 Å². The fraction of sp³-hybridized carbons (Fsp3) is 0.364. The Labute approximate surface area is 114 Å². The lowest BCUT2D eigenvalue weighted by molar-refractivity contribution is -0.0757. The van der Waals surface area contributed by atoms with Gasteiger partial charge >= 0.3 is 0 Å². The maximum Gasteiger partial charge on any atom is 0.278 e. The molecule has 0 aliphatic rings. The van der Waals surface area contributed by atoms with E-state index in [1.165, 1.54) is 21.3 Å². The molecule has 6 heteroatoms. The maximum absolute atomic E-state index is 12.0. The summed E-state index contributed by atoms with van der Waals surface area (Å²) in [5, 5.41) is 1.38. The molecule has 0 bridgehead atoms. The van der Waals surface area contributed by atoms with Crippen molar-refractivity contribution in [2.45, 2.75) is 6.92 Å². The highest BCUT2D eigenvalue weighted by Gasteiger charge is 2.21. The third-order valence-electron chi connectivity index (χ3n) is 2.40. The molecule has 0 saturated heterocycles. The van der Waals surface area contributed by atoms with Crippen molar-refractivity contribution in [3.63, 3.8) is 0 Å². The monoisotopic (exact) mass is 321 g/mol. The van der Waals surface area contributed by atoms with Crippen LogP contribution in [0.3, 0.4) is 0 Å². The van der Waals surface area contributed by atoms with E-state index in [-0.39, 0.29) is 10.9 Å². The Bertz CT molecular complexity index is 451. The van der Waals surface area contributed by atoms with Crippen molar-refractivity contribution in [2.24, 2.45) is 0 Å². The fourth-order valence-electron chi connectivity index (χ4n) is 1.34. The number of amides is 1. The summed E-state index contributed by atoms with van der Waals surface area (Å²) in [5.41, 5.74) is 1.17. The Hall–Kier alpha value is -0.780. The van der Waals surface area contributed by atoms with Crippen molar-refractivity contribution in [1.29, 1.82) is 0 Å². The third-order valence-corrected chi connectivity index (χ3v) is 3.60. The van der Waals surface area contributed by atoms with Gasteiger partial charge in [-0.3, -0.25) is 9.63 Å². The molecule has 0 heterocycles. The molecule has 94 valence electrons. The molecule has 17 heavy (non-hydrogen) atoms. The Balaban J connectivity index is 3.36. The van der Waals surface area contributed by atoms with Gasteiger partial charge in [0.15, 0.2) is 0 Å². The number of hydrogen-bond donors (Lipinski definition) is 0. The molecular weight excluding hydrogens is 309 g/mol. The molecule has 1 aromatic rings. The first-order chi connectivity index (χ1) is 7.93. The molecule has 0 fully saturated rings. The minimum absolute atomic E-state index is 0.280. The van der Waals surface area contributed by atoms with Crippen LogP contribution in [0.15, 0.2) is 10.5 Å². The number of halogens is 2.